The van der Waals surface area contributed by atoms with Crippen LogP contribution in [0.2, 0.25) is 0 Å². The van der Waals surface area contributed by atoms with Crippen LogP contribution in [0.5, 0.6) is 11.5 Å². The Hall–Kier alpha value is -1.82. The lowest BCUT2D eigenvalue weighted by molar-refractivity contribution is 0.311. The monoisotopic (exact) mass is 281 g/mol. The molecule has 0 unspecified atom stereocenters. The highest BCUT2D eigenvalue weighted by atomic mass is 32.1. The maximum absolute atomic E-state index is 5.44. The molecule has 0 aromatic heterocycles. The first kappa shape index (κ1) is 15.2. The summed E-state index contributed by atoms with van der Waals surface area (Å²) in [5.41, 5.74) is 3.62. The van der Waals surface area contributed by atoms with E-state index in [1.807, 2.05) is 32.0 Å². The molecular weight excluding hydrogens is 262 g/mol. The van der Waals surface area contributed by atoms with Crippen LogP contribution in [0.15, 0.2) is 23.3 Å². The zero-order valence-electron chi connectivity index (χ0n) is 11.4. The van der Waals surface area contributed by atoms with Gasteiger partial charge in [-0.1, -0.05) is 0 Å². The number of nitrogens with zero attached hydrogens (tertiary/aromatic N) is 1. The first-order valence-corrected chi connectivity index (χ1v) is 6.49. The van der Waals surface area contributed by atoms with Crippen LogP contribution in [-0.2, 0) is 0 Å². The van der Waals surface area contributed by atoms with Crippen molar-refractivity contribution < 1.29 is 9.47 Å². The number of hydrazone groups is 1. The Labute approximate surface area is 119 Å². The van der Waals surface area contributed by atoms with Crippen LogP contribution in [0.1, 0.15) is 19.4 Å². The normalized spacial score (nSPS) is 10.3. The van der Waals surface area contributed by atoms with Gasteiger partial charge in [-0.15, -0.1) is 0 Å². The van der Waals surface area contributed by atoms with Crippen LogP contribution in [0.4, 0.5) is 0 Å². The van der Waals surface area contributed by atoms with E-state index in [1.54, 1.807) is 13.3 Å². The van der Waals surface area contributed by atoms with Gasteiger partial charge < -0.3 is 14.8 Å². The van der Waals surface area contributed by atoms with Gasteiger partial charge in [0.15, 0.2) is 16.6 Å². The molecule has 1 rings (SSSR count). The van der Waals surface area contributed by atoms with Crippen LogP contribution in [0.3, 0.4) is 0 Å². The summed E-state index contributed by atoms with van der Waals surface area (Å²) in [5.74, 6) is 1.40. The lowest BCUT2D eigenvalue weighted by Gasteiger charge is -2.09. The van der Waals surface area contributed by atoms with E-state index in [0.29, 0.717) is 17.5 Å². The van der Waals surface area contributed by atoms with Crippen molar-refractivity contribution in [3.63, 3.8) is 0 Å². The van der Waals surface area contributed by atoms with Gasteiger partial charge >= 0.3 is 0 Å². The first-order chi connectivity index (χ1) is 9.21. The Morgan fingerprint density at radius 1 is 1.37 bits per heavy atom. The van der Waals surface area contributed by atoms with E-state index in [4.69, 9.17) is 21.7 Å². The molecule has 104 valence electrons. The molecule has 0 bridgehead atoms. The fourth-order valence-electron chi connectivity index (χ4n) is 1.40. The van der Waals surface area contributed by atoms with Gasteiger partial charge in [-0.25, -0.2) is 0 Å². The molecule has 1 aromatic carbocycles. The Morgan fingerprint density at radius 3 is 2.79 bits per heavy atom. The van der Waals surface area contributed by atoms with E-state index in [1.165, 1.54) is 0 Å². The maximum atomic E-state index is 5.44. The van der Waals surface area contributed by atoms with E-state index in [2.05, 4.69) is 15.8 Å². The number of rotatable bonds is 6. The Kier molecular flexibility index (Phi) is 6.67. The molecule has 5 nitrogen and oxygen atoms in total. The van der Waals surface area contributed by atoms with Gasteiger partial charge in [0.2, 0.25) is 0 Å². The van der Waals surface area contributed by atoms with E-state index in [0.717, 1.165) is 17.9 Å². The summed E-state index contributed by atoms with van der Waals surface area (Å²) in [6.07, 6.45) is 1.67. The van der Waals surface area contributed by atoms with Gasteiger partial charge in [-0.2, -0.15) is 5.10 Å². The molecule has 19 heavy (non-hydrogen) atoms. The molecule has 0 aliphatic carbocycles. The highest BCUT2D eigenvalue weighted by Crippen LogP contribution is 2.27. The minimum atomic E-state index is 0.497. The van der Waals surface area contributed by atoms with Gasteiger partial charge in [0.25, 0.3) is 0 Å². The molecule has 0 amide bonds. The third kappa shape index (κ3) is 5.13. The Balaban J connectivity index is 2.68. The molecule has 0 aliphatic rings. The molecule has 0 atom stereocenters. The molecule has 6 heteroatoms. The summed E-state index contributed by atoms with van der Waals surface area (Å²) in [7, 11) is 1.61. The average molecular weight is 281 g/mol. The van der Waals surface area contributed by atoms with Gasteiger partial charge in [-0.3, -0.25) is 5.43 Å². The summed E-state index contributed by atoms with van der Waals surface area (Å²) in [6, 6.07) is 5.60. The van der Waals surface area contributed by atoms with Gasteiger partial charge in [0, 0.05) is 6.54 Å². The van der Waals surface area contributed by atoms with Crippen molar-refractivity contribution in [2.45, 2.75) is 13.8 Å². The highest BCUT2D eigenvalue weighted by Gasteiger charge is 2.03. The van der Waals surface area contributed by atoms with Gasteiger partial charge in [0.1, 0.15) is 0 Å². The van der Waals surface area contributed by atoms with Crippen LogP contribution in [0.25, 0.3) is 0 Å². The quantitative estimate of drug-likeness (QED) is 0.474. The topological polar surface area (TPSA) is 54.9 Å². The number of hydrogen-bond donors (Lipinski definition) is 2. The molecule has 0 heterocycles. The Bertz CT molecular complexity index is 450. The fraction of sp³-hybridized carbons (Fsp3) is 0.385. The second kappa shape index (κ2) is 8.31. The molecular formula is C13H19N3O2S. The lowest BCUT2D eigenvalue weighted by atomic mass is 10.2. The predicted octanol–water partition coefficient (Wildman–Crippen LogP) is 1.91. The molecule has 0 aliphatic heterocycles. The standard InChI is InChI=1S/C13H19N3O2S/c1-4-14-13(19)16-15-9-10-6-7-11(18-5-2)12(8-10)17-3/h6-9H,4-5H2,1-3H3,(H2,14,16,19). The van der Waals surface area contributed by atoms with Crippen molar-refractivity contribution in [1.29, 1.82) is 0 Å². The molecule has 0 spiro atoms. The number of hydrogen-bond acceptors (Lipinski definition) is 4. The van der Waals surface area contributed by atoms with Crippen molar-refractivity contribution in [3.8, 4) is 11.5 Å². The summed E-state index contributed by atoms with van der Waals surface area (Å²) in [6.45, 7) is 5.26. The van der Waals surface area contributed by atoms with Crippen LogP contribution in [0, 0.1) is 0 Å². The van der Waals surface area contributed by atoms with E-state index < -0.39 is 0 Å². The van der Waals surface area contributed by atoms with Crippen LogP contribution < -0.4 is 20.2 Å². The zero-order valence-corrected chi connectivity index (χ0v) is 12.2. The van der Waals surface area contributed by atoms with E-state index in [9.17, 15) is 0 Å². The maximum Gasteiger partial charge on any atom is 0.186 e. The van der Waals surface area contributed by atoms with Crippen LogP contribution >= 0.6 is 12.2 Å². The Morgan fingerprint density at radius 2 is 2.16 bits per heavy atom. The number of ether oxygens (including phenoxy) is 2. The summed E-state index contributed by atoms with van der Waals surface area (Å²) in [4.78, 5) is 0. The second-order valence-corrected chi connectivity index (χ2v) is 3.98. The third-order valence-corrected chi connectivity index (χ3v) is 2.44. The van der Waals surface area contributed by atoms with Crippen molar-refractivity contribution in [1.82, 2.24) is 10.7 Å². The average Bonchev–Trinajstić information content (AvgIpc) is 2.41. The first-order valence-electron chi connectivity index (χ1n) is 6.09. The summed E-state index contributed by atoms with van der Waals surface area (Å²) in [5, 5.41) is 7.48. The largest absolute Gasteiger partial charge is 0.493 e. The molecule has 0 radical (unpaired) electrons. The number of benzene rings is 1. The smallest absolute Gasteiger partial charge is 0.186 e. The lowest BCUT2D eigenvalue weighted by Crippen LogP contribution is -2.31. The van der Waals surface area contributed by atoms with Crippen molar-refractivity contribution in [3.05, 3.63) is 23.8 Å². The summed E-state index contributed by atoms with van der Waals surface area (Å²) >= 11 is 4.99. The molecule has 1 aromatic rings. The summed E-state index contributed by atoms with van der Waals surface area (Å²) < 4.78 is 10.7. The zero-order chi connectivity index (χ0) is 14.1. The van der Waals surface area contributed by atoms with Gasteiger partial charge in [-0.05, 0) is 49.8 Å². The number of methoxy groups -OCH3 is 1. The number of nitrogens with one attached hydrogen (secondary N) is 2. The predicted molar refractivity (Wildman–Crippen MR) is 81.2 cm³/mol. The van der Waals surface area contributed by atoms with Crippen molar-refractivity contribution in [2.75, 3.05) is 20.3 Å². The molecule has 0 saturated heterocycles. The van der Waals surface area contributed by atoms with Gasteiger partial charge in [0.05, 0.1) is 19.9 Å². The van der Waals surface area contributed by atoms with Crippen LogP contribution in [-0.4, -0.2) is 31.6 Å². The minimum Gasteiger partial charge on any atom is -0.493 e. The highest BCUT2D eigenvalue weighted by molar-refractivity contribution is 7.80. The second-order valence-electron chi connectivity index (χ2n) is 3.57. The minimum absolute atomic E-state index is 0.497. The van der Waals surface area contributed by atoms with E-state index in [-0.39, 0.29) is 0 Å². The fourth-order valence-corrected chi connectivity index (χ4v) is 1.60. The molecule has 0 saturated carbocycles. The number of thiocarbonyl (C=S) groups is 1. The van der Waals surface area contributed by atoms with Crippen molar-refractivity contribution in [2.24, 2.45) is 5.10 Å². The molecule has 2 N–H and O–H groups in total. The van der Waals surface area contributed by atoms with Crippen molar-refractivity contribution >= 4 is 23.5 Å². The SMILES string of the molecule is CCNC(=S)NN=Cc1ccc(OCC)c(OC)c1. The molecule has 0 fully saturated rings. The third-order valence-electron chi connectivity index (χ3n) is 2.20. The van der Waals surface area contributed by atoms with E-state index >= 15 is 0 Å².